The second-order valence-electron chi connectivity index (χ2n) is 1.68. The zero-order chi connectivity index (χ0) is 5.98. The van der Waals surface area contributed by atoms with Crippen molar-refractivity contribution >= 4 is 23.4 Å². The van der Waals surface area contributed by atoms with Gasteiger partial charge in [0, 0.05) is 10.8 Å². The third-order valence-corrected chi connectivity index (χ3v) is 2.40. The fourth-order valence-electron chi connectivity index (χ4n) is 0.487. The third-order valence-electron chi connectivity index (χ3n) is 0.937. The van der Waals surface area contributed by atoms with E-state index < -0.39 is 0 Å². The van der Waals surface area contributed by atoms with Crippen LogP contribution in [0.15, 0.2) is 22.1 Å². The summed E-state index contributed by atoms with van der Waals surface area (Å²) in [6.45, 7) is 2.09. The minimum atomic E-state index is 0.945. The maximum atomic E-state index is 5.68. The van der Waals surface area contributed by atoms with Crippen LogP contribution in [0.3, 0.4) is 0 Å². The molecule has 0 nitrogen and oxygen atoms in total. The molecule has 8 heavy (non-hydrogen) atoms. The van der Waals surface area contributed by atoms with E-state index in [0.29, 0.717) is 0 Å². The molecule has 0 saturated heterocycles. The Morgan fingerprint density at radius 3 is 2.75 bits per heavy atom. The van der Waals surface area contributed by atoms with Crippen LogP contribution in [-0.4, -0.2) is 5.75 Å². The molecule has 1 aliphatic rings. The molecule has 0 spiro atoms. The summed E-state index contributed by atoms with van der Waals surface area (Å²) >= 11 is 7.46. The van der Waals surface area contributed by atoms with Gasteiger partial charge in [-0.15, -0.1) is 11.8 Å². The number of thioether (sulfide) groups is 1. The van der Waals surface area contributed by atoms with Gasteiger partial charge in [-0.1, -0.05) is 17.7 Å². The van der Waals surface area contributed by atoms with Gasteiger partial charge in [-0.3, -0.25) is 0 Å². The lowest BCUT2D eigenvalue weighted by atomic mass is 10.4. The summed E-state index contributed by atoms with van der Waals surface area (Å²) in [5.74, 6) is 0.948. The smallest absolute Gasteiger partial charge is 0.0336 e. The fraction of sp³-hybridized carbons (Fsp3) is 0.333. The van der Waals surface area contributed by atoms with E-state index >= 15 is 0 Å². The number of allylic oxidation sites excluding steroid dienone is 3. The van der Waals surface area contributed by atoms with Crippen molar-refractivity contribution in [1.29, 1.82) is 0 Å². The third kappa shape index (κ3) is 1.57. The van der Waals surface area contributed by atoms with Crippen LogP contribution in [0.25, 0.3) is 0 Å². The lowest BCUT2D eigenvalue weighted by Crippen LogP contribution is -1.82. The Labute approximate surface area is 58.6 Å². The zero-order valence-corrected chi connectivity index (χ0v) is 6.22. The Hall–Kier alpha value is 0.120. The van der Waals surface area contributed by atoms with Gasteiger partial charge in [0.2, 0.25) is 0 Å². The van der Waals surface area contributed by atoms with Crippen LogP contribution in [0.4, 0.5) is 0 Å². The Balaban J connectivity index is 2.65. The minimum Gasteiger partial charge on any atom is -0.125 e. The van der Waals surface area contributed by atoms with Gasteiger partial charge in [0.15, 0.2) is 0 Å². The first-order valence-electron chi connectivity index (χ1n) is 2.45. The maximum Gasteiger partial charge on any atom is 0.0336 e. The second-order valence-corrected chi connectivity index (χ2v) is 3.39. The lowest BCUT2D eigenvalue weighted by molar-refractivity contribution is 1.57. The molecular formula is C6H7ClS. The quantitative estimate of drug-likeness (QED) is 0.507. The van der Waals surface area contributed by atoms with E-state index in [2.05, 4.69) is 6.92 Å². The molecule has 0 amide bonds. The number of hydrogen-bond acceptors (Lipinski definition) is 1. The molecule has 1 rings (SSSR count). The molecule has 0 aliphatic carbocycles. The van der Waals surface area contributed by atoms with Gasteiger partial charge in [-0.2, -0.15) is 0 Å². The molecule has 0 aromatic rings. The normalized spacial score (nSPS) is 19.8. The van der Waals surface area contributed by atoms with E-state index in [9.17, 15) is 0 Å². The molecule has 0 bridgehead atoms. The van der Waals surface area contributed by atoms with Crippen molar-refractivity contribution in [1.82, 2.24) is 0 Å². The summed E-state index contributed by atoms with van der Waals surface area (Å²) in [4.78, 5) is 1.34. The van der Waals surface area contributed by atoms with Gasteiger partial charge < -0.3 is 0 Å². The van der Waals surface area contributed by atoms with E-state index in [-0.39, 0.29) is 0 Å². The second kappa shape index (κ2) is 2.60. The summed E-state index contributed by atoms with van der Waals surface area (Å²) in [5.41, 5.74) is 0. The SMILES string of the molecule is CC1=CC=C(Cl)CS1. The number of hydrogen-bond donors (Lipinski definition) is 0. The van der Waals surface area contributed by atoms with E-state index in [1.165, 1.54) is 4.91 Å². The van der Waals surface area contributed by atoms with Crippen LogP contribution < -0.4 is 0 Å². The fourth-order valence-corrected chi connectivity index (χ4v) is 1.34. The first kappa shape index (κ1) is 6.24. The van der Waals surface area contributed by atoms with Crippen molar-refractivity contribution in [3.8, 4) is 0 Å². The summed E-state index contributed by atoms with van der Waals surface area (Å²) in [6.07, 6.45) is 3.99. The molecule has 0 radical (unpaired) electrons. The highest BCUT2D eigenvalue weighted by molar-refractivity contribution is 8.03. The van der Waals surface area contributed by atoms with Gasteiger partial charge in [0.05, 0.1) is 0 Å². The van der Waals surface area contributed by atoms with Crippen molar-refractivity contribution in [2.45, 2.75) is 6.92 Å². The van der Waals surface area contributed by atoms with E-state index in [1.54, 1.807) is 11.8 Å². The minimum absolute atomic E-state index is 0.945. The molecule has 0 aromatic carbocycles. The van der Waals surface area contributed by atoms with Crippen LogP contribution >= 0.6 is 23.4 Å². The molecule has 0 saturated carbocycles. The number of rotatable bonds is 0. The first-order chi connectivity index (χ1) is 3.79. The Morgan fingerprint density at radius 1 is 1.62 bits per heavy atom. The summed E-state index contributed by atoms with van der Waals surface area (Å²) in [7, 11) is 0. The molecule has 0 atom stereocenters. The standard InChI is InChI=1S/C6H7ClS/c1-5-2-3-6(7)4-8-5/h2-3H,4H2,1H3. The van der Waals surface area contributed by atoms with Gasteiger partial charge in [0.1, 0.15) is 0 Å². The monoisotopic (exact) mass is 146 g/mol. The predicted octanol–water partition coefficient (Wildman–Crippen LogP) is 2.76. The van der Waals surface area contributed by atoms with Crippen LogP contribution in [0.1, 0.15) is 6.92 Å². The van der Waals surface area contributed by atoms with Crippen LogP contribution in [0.5, 0.6) is 0 Å². The van der Waals surface area contributed by atoms with Crippen molar-refractivity contribution in [3.63, 3.8) is 0 Å². The molecule has 1 heterocycles. The van der Waals surface area contributed by atoms with Gasteiger partial charge >= 0.3 is 0 Å². The summed E-state index contributed by atoms with van der Waals surface area (Å²) in [6, 6.07) is 0. The van der Waals surface area contributed by atoms with Gasteiger partial charge in [-0.25, -0.2) is 0 Å². The predicted molar refractivity (Wildman–Crippen MR) is 40.2 cm³/mol. The molecule has 0 N–H and O–H groups in total. The topological polar surface area (TPSA) is 0 Å². The molecular weight excluding hydrogens is 140 g/mol. The molecule has 44 valence electrons. The van der Waals surface area contributed by atoms with E-state index in [0.717, 1.165) is 10.8 Å². The molecule has 2 heteroatoms. The van der Waals surface area contributed by atoms with Crippen molar-refractivity contribution in [2.75, 3.05) is 5.75 Å². The van der Waals surface area contributed by atoms with Crippen molar-refractivity contribution in [3.05, 3.63) is 22.1 Å². The average molecular weight is 147 g/mol. The van der Waals surface area contributed by atoms with Crippen LogP contribution in [0, 0.1) is 0 Å². The molecule has 0 aromatic heterocycles. The number of halogens is 1. The maximum absolute atomic E-state index is 5.68. The molecule has 0 fully saturated rings. The summed E-state index contributed by atoms with van der Waals surface area (Å²) in [5, 5.41) is 0.945. The van der Waals surface area contributed by atoms with Crippen LogP contribution in [-0.2, 0) is 0 Å². The van der Waals surface area contributed by atoms with Gasteiger partial charge in [0.25, 0.3) is 0 Å². The average Bonchev–Trinajstić information content (AvgIpc) is 1.77. The molecule has 1 aliphatic heterocycles. The Kier molecular flexibility index (Phi) is 2.03. The Bertz CT molecular complexity index is 129. The van der Waals surface area contributed by atoms with Crippen molar-refractivity contribution in [2.24, 2.45) is 0 Å². The highest BCUT2D eigenvalue weighted by Crippen LogP contribution is 2.24. The van der Waals surface area contributed by atoms with E-state index in [1.807, 2.05) is 12.2 Å². The van der Waals surface area contributed by atoms with Crippen LogP contribution in [0.2, 0.25) is 0 Å². The highest BCUT2D eigenvalue weighted by atomic mass is 35.5. The van der Waals surface area contributed by atoms with Gasteiger partial charge in [-0.05, 0) is 17.9 Å². The summed E-state index contributed by atoms with van der Waals surface area (Å²) < 4.78 is 0. The lowest BCUT2D eigenvalue weighted by Gasteiger charge is -2.03. The largest absolute Gasteiger partial charge is 0.125 e. The molecule has 0 unspecified atom stereocenters. The first-order valence-corrected chi connectivity index (χ1v) is 3.81. The van der Waals surface area contributed by atoms with Crippen molar-refractivity contribution < 1.29 is 0 Å². The zero-order valence-electron chi connectivity index (χ0n) is 4.65. The van der Waals surface area contributed by atoms with E-state index in [4.69, 9.17) is 11.6 Å². The highest BCUT2D eigenvalue weighted by Gasteiger charge is 1.98. The Morgan fingerprint density at radius 2 is 2.38 bits per heavy atom.